The van der Waals surface area contributed by atoms with E-state index in [9.17, 15) is 22.8 Å². The Labute approximate surface area is 187 Å². The van der Waals surface area contributed by atoms with Gasteiger partial charge < -0.3 is 15.1 Å². The third-order valence-electron chi connectivity index (χ3n) is 5.07. The minimum atomic E-state index is -3.59. The van der Waals surface area contributed by atoms with Gasteiger partial charge in [-0.15, -0.1) is 0 Å². The van der Waals surface area contributed by atoms with E-state index >= 15 is 0 Å². The summed E-state index contributed by atoms with van der Waals surface area (Å²) >= 11 is 0. The van der Waals surface area contributed by atoms with E-state index in [0.717, 1.165) is 11.9 Å². The fraction of sp³-hybridized carbons (Fsp3) is 0.318. The smallest absolute Gasteiger partial charge is 0.256 e. The van der Waals surface area contributed by atoms with Gasteiger partial charge in [0.15, 0.2) is 5.78 Å². The number of piperazine rings is 1. The van der Waals surface area contributed by atoms with Crippen molar-refractivity contribution in [2.75, 3.05) is 47.4 Å². The van der Waals surface area contributed by atoms with Crippen molar-refractivity contribution in [1.29, 1.82) is 0 Å². The number of anilines is 3. The Kier molecular flexibility index (Phi) is 6.83. The molecule has 1 fully saturated rings. The molecule has 2 aromatic rings. The number of hydrogen-bond acceptors (Lipinski definition) is 6. The van der Waals surface area contributed by atoms with E-state index in [4.69, 9.17) is 0 Å². The Bertz CT molecular complexity index is 1140. The van der Waals surface area contributed by atoms with Crippen LogP contribution in [0.15, 0.2) is 42.5 Å². The molecule has 1 saturated heterocycles. The summed E-state index contributed by atoms with van der Waals surface area (Å²) in [4.78, 5) is 39.9. The lowest BCUT2D eigenvalue weighted by molar-refractivity contribution is -0.114. The van der Waals surface area contributed by atoms with Crippen molar-refractivity contribution >= 4 is 44.7 Å². The molecule has 0 aliphatic carbocycles. The summed E-state index contributed by atoms with van der Waals surface area (Å²) in [6.07, 6.45) is 1.01. The van der Waals surface area contributed by atoms with Crippen LogP contribution in [0.3, 0.4) is 0 Å². The van der Waals surface area contributed by atoms with Crippen LogP contribution in [0.25, 0.3) is 0 Å². The summed E-state index contributed by atoms with van der Waals surface area (Å²) in [6, 6.07) is 11.8. The van der Waals surface area contributed by atoms with Crippen molar-refractivity contribution in [2.45, 2.75) is 13.8 Å². The summed E-state index contributed by atoms with van der Waals surface area (Å²) < 4.78 is 25.9. The standard InChI is InChI=1S/C22H26N4O5S/c1-15(27)17-4-7-19(8-5-17)25-10-12-26(13-11-25)22(29)20-14-18(23-16(2)28)6-9-21(20)24-32(3,30)31/h4-9,14,24H,10-13H2,1-3H3,(H,23,28). The van der Waals surface area contributed by atoms with Gasteiger partial charge in [0.05, 0.1) is 17.5 Å². The molecule has 0 saturated carbocycles. The molecule has 0 atom stereocenters. The van der Waals surface area contributed by atoms with Gasteiger partial charge in [-0.2, -0.15) is 0 Å². The van der Waals surface area contributed by atoms with E-state index in [1.165, 1.54) is 32.0 Å². The van der Waals surface area contributed by atoms with Crippen molar-refractivity contribution in [2.24, 2.45) is 0 Å². The highest BCUT2D eigenvalue weighted by Crippen LogP contribution is 2.25. The fourth-order valence-corrected chi connectivity index (χ4v) is 4.11. The minimum Gasteiger partial charge on any atom is -0.368 e. The van der Waals surface area contributed by atoms with Crippen LogP contribution >= 0.6 is 0 Å². The van der Waals surface area contributed by atoms with Crippen LogP contribution in [0, 0.1) is 0 Å². The zero-order valence-corrected chi connectivity index (χ0v) is 19.0. The lowest BCUT2D eigenvalue weighted by Gasteiger charge is -2.36. The first-order valence-electron chi connectivity index (χ1n) is 10.1. The van der Waals surface area contributed by atoms with Crippen LogP contribution in [0.2, 0.25) is 0 Å². The predicted molar refractivity (Wildman–Crippen MR) is 124 cm³/mol. The van der Waals surface area contributed by atoms with Crippen LogP contribution in [0.4, 0.5) is 17.1 Å². The Balaban J connectivity index is 1.77. The van der Waals surface area contributed by atoms with Gasteiger partial charge in [0, 0.05) is 50.0 Å². The largest absolute Gasteiger partial charge is 0.368 e. The Morgan fingerprint density at radius 3 is 2.06 bits per heavy atom. The van der Waals surface area contributed by atoms with E-state index in [0.29, 0.717) is 37.4 Å². The molecule has 2 amide bonds. The molecule has 0 radical (unpaired) electrons. The number of amides is 2. The number of hydrogen-bond donors (Lipinski definition) is 2. The van der Waals surface area contributed by atoms with Gasteiger partial charge in [-0.25, -0.2) is 8.42 Å². The number of carbonyl (C=O) groups is 3. The zero-order chi connectivity index (χ0) is 23.5. The van der Waals surface area contributed by atoms with E-state index < -0.39 is 10.0 Å². The Morgan fingerprint density at radius 1 is 0.906 bits per heavy atom. The zero-order valence-electron chi connectivity index (χ0n) is 18.2. The number of rotatable bonds is 6. The highest BCUT2D eigenvalue weighted by Gasteiger charge is 2.25. The van der Waals surface area contributed by atoms with Crippen LogP contribution < -0.4 is 14.9 Å². The van der Waals surface area contributed by atoms with Crippen molar-refractivity contribution in [3.8, 4) is 0 Å². The molecular weight excluding hydrogens is 432 g/mol. The highest BCUT2D eigenvalue weighted by molar-refractivity contribution is 7.92. The van der Waals surface area contributed by atoms with Crippen molar-refractivity contribution in [3.63, 3.8) is 0 Å². The maximum absolute atomic E-state index is 13.2. The summed E-state index contributed by atoms with van der Waals surface area (Å²) in [6.45, 7) is 4.93. The van der Waals surface area contributed by atoms with E-state index in [1.807, 2.05) is 12.1 Å². The highest BCUT2D eigenvalue weighted by atomic mass is 32.2. The van der Waals surface area contributed by atoms with Gasteiger partial charge >= 0.3 is 0 Å². The van der Waals surface area contributed by atoms with Crippen LogP contribution in [0.1, 0.15) is 34.6 Å². The number of benzene rings is 2. The molecule has 32 heavy (non-hydrogen) atoms. The average Bonchev–Trinajstić information content (AvgIpc) is 2.73. The molecule has 2 aromatic carbocycles. The van der Waals surface area contributed by atoms with Crippen molar-refractivity contribution < 1.29 is 22.8 Å². The monoisotopic (exact) mass is 458 g/mol. The van der Waals surface area contributed by atoms with Crippen LogP contribution in [0.5, 0.6) is 0 Å². The number of nitrogens with zero attached hydrogens (tertiary/aromatic N) is 2. The quantitative estimate of drug-likeness (QED) is 0.641. The van der Waals surface area contributed by atoms with Crippen molar-refractivity contribution in [1.82, 2.24) is 4.90 Å². The molecule has 0 spiro atoms. The predicted octanol–water partition coefficient (Wildman–Crippen LogP) is 2.18. The normalized spacial score (nSPS) is 14.1. The number of Topliss-reactive ketones (excluding diaryl/α,β-unsaturated/α-hetero) is 1. The summed E-state index contributed by atoms with van der Waals surface area (Å²) in [5.41, 5.74) is 2.35. The molecule has 2 N–H and O–H groups in total. The first kappa shape index (κ1) is 23.3. The third kappa shape index (κ3) is 5.85. The molecule has 3 rings (SSSR count). The van der Waals surface area contributed by atoms with Gasteiger partial charge in [-0.1, -0.05) is 0 Å². The van der Waals surface area contributed by atoms with Crippen LogP contribution in [-0.2, 0) is 14.8 Å². The summed E-state index contributed by atoms with van der Waals surface area (Å²) in [7, 11) is -3.59. The van der Waals surface area contributed by atoms with Gasteiger partial charge in [0.25, 0.3) is 5.91 Å². The lowest BCUT2D eigenvalue weighted by Crippen LogP contribution is -2.49. The van der Waals surface area contributed by atoms with Gasteiger partial charge in [0.2, 0.25) is 15.9 Å². The van der Waals surface area contributed by atoms with Gasteiger partial charge in [-0.3, -0.25) is 19.1 Å². The van der Waals surface area contributed by atoms with Gasteiger partial charge in [0.1, 0.15) is 0 Å². The number of carbonyl (C=O) groups excluding carboxylic acids is 3. The molecule has 0 bridgehead atoms. The maximum Gasteiger partial charge on any atom is 0.256 e. The topological polar surface area (TPSA) is 116 Å². The number of sulfonamides is 1. The second kappa shape index (κ2) is 9.39. The molecule has 0 aromatic heterocycles. The fourth-order valence-electron chi connectivity index (χ4n) is 3.54. The first-order valence-corrected chi connectivity index (χ1v) is 12.0. The molecule has 170 valence electrons. The molecule has 10 heteroatoms. The molecule has 9 nitrogen and oxygen atoms in total. The molecule has 0 unspecified atom stereocenters. The third-order valence-corrected chi connectivity index (χ3v) is 5.66. The molecule has 1 heterocycles. The van der Waals surface area contributed by atoms with Crippen LogP contribution in [-0.4, -0.2) is 63.4 Å². The Morgan fingerprint density at radius 2 is 1.53 bits per heavy atom. The minimum absolute atomic E-state index is 0.00645. The summed E-state index contributed by atoms with van der Waals surface area (Å²) in [5, 5.41) is 2.61. The molecule has 1 aliphatic rings. The molecule has 1 aliphatic heterocycles. The first-order chi connectivity index (χ1) is 15.0. The second-order valence-electron chi connectivity index (χ2n) is 7.70. The maximum atomic E-state index is 13.2. The Hall–Kier alpha value is -3.40. The van der Waals surface area contributed by atoms with Gasteiger partial charge in [-0.05, 0) is 49.4 Å². The number of nitrogens with one attached hydrogen (secondary N) is 2. The SMILES string of the molecule is CC(=O)Nc1ccc(NS(C)(=O)=O)c(C(=O)N2CCN(c3ccc(C(C)=O)cc3)CC2)c1. The average molecular weight is 459 g/mol. The van der Waals surface area contributed by atoms with Crippen molar-refractivity contribution in [3.05, 3.63) is 53.6 Å². The van der Waals surface area contributed by atoms with E-state index in [2.05, 4.69) is 14.9 Å². The lowest BCUT2D eigenvalue weighted by atomic mass is 10.1. The summed E-state index contributed by atoms with van der Waals surface area (Å²) in [5.74, 6) is -0.612. The molecular formula is C22H26N4O5S. The van der Waals surface area contributed by atoms with E-state index in [1.54, 1.807) is 17.0 Å². The second-order valence-corrected chi connectivity index (χ2v) is 9.45. The number of ketones is 1. The van der Waals surface area contributed by atoms with E-state index in [-0.39, 0.29) is 28.8 Å².